The van der Waals surface area contributed by atoms with E-state index in [-0.39, 0.29) is 0 Å². The van der Waals surface area contributed by atoms with Crippen molar-refractivity contribution >= 4 is 31.6 Å². The lowest BCUT2D eigenvalue weighted by atomic mass is 9.96. The molecule has 0 aromatic carbocycles. The van der Waals surface area contributed by atoms with Gasteiger partial charge in [-0.1, -0.05) is 5.11 Å². The minimum atomic E-state index is -5.22. The number of hydrogen-bond donors (Lipinski definition) is 3. The zero-order valence-electron chi connectivity index (χ0n) is 16.6. The van der Waals surface area contributed by atoms with Gasteiger partial charge in [0.15, 0.2) is 18.5 Å². The van der Waals surface area contributed by atoms with Crippen molar-refractivity contribution in [1.82, 2.24) is 5.32 Å². The molecule has 0 aromatic rings. The lowest BCUT2D eigenvalue weighted by molar-refractivity contribution is -0.259. The van der Waals surface area contributed by atoms with E-state index in [4.69, 9.17) is 24.5 Å². The lowest BCUT2D eigenvalue weighted by Gasteiger charge is -2.44. The van der Waals surface area contributed by atoms with Crippen LogP contribution in [0.3, 0.4) is 0 Å². The summed E-state index contributed by atoms with van der Waals surface area (Å²) in [6.45, 7) is 1.76. The first kappa shape index (κ1) is 26.3. The third kappa shape index (κ3) is 9.29. The molecule has 0 aliphatic carbocycles. The summed E-state index contributed by atoms with van der Waals surface area (Å²) in [5, 5.41) is 5.23. The maximum absolute atomic E-state index is 12.0. The number of phosphoric acid groups is 1. The predicted molar refractivity (Wildman–Crippen MR) is 95.5 cm³/mol. The molecule has 0 aromatic heterocycles. The quantitative estimate of drug-likeness (QED) is 0.0927. The third-order valence-electron chi connectivity index (χ3n) is 3.55. The van der Waals surface area contributed by atoms with E-state index in [9.17, 15) is 33.5 Å². The van der Waals surface area contributed by atoms with E-state index in [1.807, 2.05) is 0 Å². The second-order valence-corrected chi connectivity index (χ2v) is 7.26. The number of esters is 3. The van der Waals surface area contributed by atoms with Gasteiger partial charge in [0.25, 0.3) is 0 Å². The zero-order valence-corrected chi connectivity index (χ0v) is 17.5. The van der Waals surface area contributed by atoms with Gasteiger partial charge in [-0.3, -0.25) is 23.7 Å². The van der Waals surface area contributed by atoms with Crippen molar-refractivity contribution in [1.29, 1.82) is 0 Å². The van der Waals surface area contributed by atoms with Crippen LogP contribution in [0.4, 0.5) is 0 Å². The van der Waals surface area contributed by atoms with E-state index < -0.39 is 75.4 Å². The molecule has 0 saturated carbocycles. The first-order valence-corrected chi connectivity index (χ1v) is 10.0. The smallest absolute Gasteiger partial charge is 0.463 e. The van der Waals surface area contributed by atoms with Crippen LogP contribution in [0.25, 0.3) is 10.4 Å². The van der Waals surface area contributed by atoms with Crippen molar-refractivity contribution in [2.24, 2.45) is 5.11 Å². The largest absolute Gasteiger partial charge is 0.472 e. The third-order valence-corrected chi connectivity index (χ3v) is 4.03. The number of amides is 1. The summed E-state index contributed by atoms with van der Waals surface area (Å²) in [5.41, 5.74) is 8.33. The fourth-order valence-corrected chi connectivity index (χ4v) is 3.06. The summed E-state index contributed by atoms with van der Waals surface area (Å²) in [5.74, 6) is -3.50. The van der Waals surface area contributed by atoms with Crippen molar-refractivity contribution in [3.63, 3.8) is 0 Å². The van der Waals surface area contributed by atoms with E-state index in [0.29, 0.717) is 0 Å². The van der Waals surface area contributed by atoms with Crippen molar-refractivity contribution < 1.29 is 57.0 Å². The number of rotatable bonds is 9. The highest BCUT2D eigenvalue weighted by Gasteiger charge is 2.52. The molecule has 1 aliphatic rings. The Morgan fingerprint density at radius 2 is 1.68 bits per heavy atom. The van der Waals surface area contributed by atoms with Crippen molar-refractivity contribution in [2.75, 3.05) is 13.2 Å². The van der Waals surface area contributed by atoms with Crippen LogP contribution in [0, 0.1) is 0 Å². The Morgan fingerprint density at radius 3 is 2.16 bits per heavy atom. The molecule has 1 amide bonds. The molecular weight excluding hydrogens is 447 g/mol. The highest BCUT2D eigenvalue weighted by Crippen LogP contribution is 2.41. The highest BCUT2D eigenvalue weighted by atomic mass is 31.2. The first-order chi connectivity index (χ1) is 14.3. The van der Waals surface area contributed by atoms with Gasteiger partial charge in [-0.05, 0) is 5.53 Å². The van der Waals surface area contributed by atoms with E-state index in [0.717, 1.165) is 20.8 Å². The Bertz CT molecular complexity index is 794. The van der Waals surface area contributed by atoms with Crippen LogP contribution in [0.1, 0.15) is 20.8 Å². The van der Waals surface area contributed by atoms with Gasteiger partial charge in [0, 0.05) is 25.7 Å². The number of carbonyl (C=O) groups excluding carboxylic acids is 4. The van der Waals surface area contributed by atoms with Gasteiger partial charge < -0.3 is 34.1 Å². The predicted octanol–water partition coefficient (Wildman–Crippen LogP) is -0.958. The standard InChI is InChI=1S/C14H21N4O12P/c1-6(19)26-5-9-12(27-7(2)20)13(28-8(3)21)11(17-10(22)4-16-18-15)14(29-9)30-31(23,24)25/h9,11-14H,4-5H2,1-3H3,(H,17,22)(H2,23,24,25)/t9?,11?,12-,13+,14+/m0/s1. The van der Waals surface area contributed by atoms with Crippen molar-refractivity contribution in [2.45, 2.75) is 51.4 Å². The van der Waals surface area contributed by atoms with Gasteiger partial charge in [0.2, 0.25) is 5.91 Å². The maximum Gasteiger partial charge on any atom is 0.472 e. The normalized spacial score (nSPS) is 25.5. The monoisotopic (exact) mass is 468 g/mol. The van der Waals surface area contributed by atoms with Gasteiger partial charge in [-0.2, -0.15) is 0 Å². The Hall–Kier alpha value is -2.74. The molecule has 0 radical (unpaired) electrons. The van der Waals surface area contributed by atoms with Gasteiger partial charge in [-0.25, -0.2) is 4.57 Å². The first-order valence-electron chi connectivity index (χ1n) is 8.51. The molecule has 2 unspecified atom stereocenters. The molecule has 1 saturated heterocycles. The summed E-state index contributed by atoms with van der Waals surface area (Å²) in [7, 11) is -5.22. The fourth-order valence-electron chi connectivity index (χ4n) is 2.61. The van der Waals surface area contributed by atoms with Crippen LogP contribution < -0.4 is 5.32 Å². The number of carbonyl (C=O) groups is 4. The van der Waals surface area contributed by atoms with Crippen molar-refractivity contribution in [3.05, 3.63) is 10.4 Å². The van der Waals surface area contributed by atoms with E-state index in [2.05, 4.69) is 19.9 Å². The Balaban J connectivity index is 3.40. The van der Waals surface area contributed by atoms with Gasteiger partial charge in [0.05, 0.1) is 0 Å². The van der Waals surface area contributed by atoms with Crippen LogP contribution in [-0.4, -0.2) is 77.4 Å². The van der Waals surface area contributed by atoms with Crippen LogP contribution in [0.2, 0.25) is 0 Å². The lowest BCUT2D eigenvalue weighted by Crippen LogP contribution is -2.66. The molecule has 3 N–H and O–H groups in total. The van der Waals surface area contributed by atoms with Gasteiger partial charge in [-0.15, -0.1) is 0 Å². The molecule has 0 spiro atoms. The minimum Gasteiger partial charge on any atom is -0.463 e. The van der Waals surface area contributed by atoms with Gasteiger partial charge in [0.1, 0.15) is 25.3 Å². The number of azide groups is 1. The van der Waals surface area contributed by atoms with Crippen LogP contribution >= 0.6 is 7.82 Å². The van der Waals surface area contributed by atoms with Crippen molar-refractivity contribution in [3.8, 4) is 0 Å². The average Bonchev–Trinajstić information content (AvgIpc) is 2.61. The molecule has 5 atom stereocenters. The summed E-state index contributed by atoms with van der Waals surface area (Å²) in [4.78, 5) is 67.2. The molecule has 1 rings (SSSR count). The molecule has 16 nitrogen and oxygen atoms in total. The average molecular weight is 468 g/mol. The second-order valence-electron chi connectivity index (χ2n) is 6.07. The summed E-state index contributed by atoms with van der Waals surface area (Å²) < 4.78 is 36.4. The van der Waals surface area contributed by atoms with Gasteiger partial charge >= 0.3 is 25.7 Å². The topological polar surface area (TPSA) is 233 Å². The molecular formula is C14H21N4O12P. The van der Waals surface area contributed by atoms with E-state index >= 15 is 0 Å². The zero-order chi connectivity index (χ0) is 23.8. The molecule has 1 aliphatic heterocycles. The highest BCUT2D eigenvalue weighted by molar-refractivity contribution is 7.46. The number of ether oxygens (including phenoxy) is 4. The molecule has 174 valence electrons. The number of phosphoric ester groups is 1. The fraction of sp³-hybridized carbons (Fsp3) is 0.714. The summed E-state index contributed by atoms with van der Waals surface area (Å²) >= 11 is 0. The molecule has 31 heavy (non-hydrogen) atoms. The maximum atomic E-state index is 12.0. The van der Waals surface area contributed by atoms with Crippen LogP contribution in [0.5, 0.6) is 0 Å². The Kier molecular flexibility index (Phi) is 9.84. The van der Waals surface area contributed by atoms with Crippen LogP contribution in [-0.2, 0) is 47.2 Å². The Labute approximate surface area is 175 Å². The minimum absolute atomic E-state index is 0.578. The Morgan fingerprint density at radius 1 is 1.10 bits per heavy atom. The summed E-state index contributed by atoms with van der Waals surface area (Å²) in [6, 6.07) is -1.63. The number of hydrogen-bond acceptors (Lipinski definition) is 11. The number of nitrogens with one attached hydrogen (secondary N) is 1. The summed E-state index contributed by atoms with van der Waals surface area (Å²) in [6.07, 6.45) is -6.43. The molecule has 17 heteroatoms. The molecule has 0 bridgehead atoms. The second kappa shape index (κ2) is 11.6. The number of nitrogens with zero attached hydrogens (tertiary/aromatic N) is 3. The molecule has 1 heterocycles. The van der Waals surface area contributed by atoms with E-state index in [1.165, 1.54) is 0 Å². The SMILES string of the molecule is CC(=O)OCC1O[C@H](OP(=O)(O)O)C(NC(=O)CN=[N+]=[N-])[C@@H](OC(C)=O)[C@H]1OC(C)=O. The van der Waals surface area contributed by atoms with Crippen LogP contribution in [0.15, 0.2) is 5.11 Å². The van der Waals surface area contributed by atoms with E-state index in [1.54, 1.807) is 0 Å². The molecule has 1 fully saturated rings.